The molecule has 1 N–H and O–H groups in total. The number of fused-ring (bicyclic) bond motifs is 1. The molecule has 1 saturated heterocycles. The number of rotatable bonds is 2. The van der Waals surface area contributed by atoms with Crippen molar-refractivity contribution in [2.45, 2.75) is 25.8 Å². The molecule has 2 amide bonds. The van der Waals surface area contributed by atoms with E-state index in [-0.39, 0.29) is 18.9 Å². The molecule has 0 aliphatic carbocycles. The average molecular weight is 315 g/mol. The summed E-state index contributed by atoms with van der Waals surface area (Å²) in [5, 5.41) is 6.96. The highest BCUT2D eigenvalue weighted by atomic mass is 16.7. The summed E-state index contributed by atoms with van der Waals surface area (Å²) in [6.45, 7) is 2.77. The number of carbonyl (C=O) groups excluding carboxylic acids is 1. The zero-order chi connectivity index (χ0) is 15.8. The molecule has 2 aliphatic heterocycles. The second kappa shape index (κ2) is 5.49. The van der Waals surface area contributed by atoms with Gasteiger partial charge >= 0.3 is 6.03 Å². The van der Waals surface area contributed by atoms with E-state index in [0.717, 1.165) is 24.3 Å². The lowest BCUT2D eigenvalue weighted by Crippen LogP contribution is -2.34. The first-order valence-electron chi connectivity index (χ1n) is 7.61. The molecule has 1 aromatic heterocycles. The van der Waals surface area contributed by atoms with Gasteiger partial charge in [0.1, 0.15) is 11.5 Å². The van der Waals surface area contributed by atoms with Crippen LogP contribution < -0.4 is 14.8 Å². The van der Waals surface area contributed by atoms with E-state index in [0.29, 0.717) is 23.7 Å². The number of urea groups is 1. The summed E-state index contributed by atoms with van der Waals surface area (Å²) >= 11 is 0. The van der Waals surface area contributed by atoms with Crippen LogP contribution in [-0.2, 0) is 0 Å². The van der Waals surface area contributed by atoms with Crippen LogP contribution in [0.25, 0.3) is 0 Å². The van der Waals surface area contributed by atoms with E-state index >= 15 is 0 Å². The summed E-state index contributed by atoms with van der Waals surface area (Å²) in [5.41, 5.74) is 1.49. The van der Waals surface area contributed by atoms with E-state index in [2.05, 4.69) is 10.5 Å². The van der Waals surface area contributed by atoms with Gasteiger partial charge in [-0.25, -0.2) is 4.79 Å². The maximum Gasteiger partial charge on any atom is 0.322 e. The number of nitrogens with zero attached hydrogens (tertiary/aromatic N) is 2. The molecule has 7 nitrogen and oxygen atoms in total. The van der Waals surface area contributed by atoms with E-state index < -0.39 is 0 Å². The number of hydrogen-bond donors (Lipinski definition) is 1. The fourth-order valence-electron chi connectivity index (χ4n) is 3.03. The molecule has 2 aliphatic rings. The largest absolute Gasteiger partial charge is 0.454 e. The first-order chi connectivity index (χ1) is 11.2. The van der Waals surface area contributed by atoms with Gasteiger partial charge in [-0.1, -0.05) is 5.16 Å². The highest BCUT2D eigenvalue weighted by Crippen LogP contribution is 2.35. The molecule has 0 radical (unpaired) electrons. The zero-order valence-electron chi connectivity index (χ0n) is 12.7. The first kappa shape index (κ1) is 13.9. The Bertz CT molecular complexity index is 743. The van der Waals surface area contributed by atoms with Gasteiger partial charge in [0.2, 0.25) is 6.79 Å². The van der Waals surface area contributed by atoms with Gasteiger partial charge in [0.05, 0.1) is 6.04 Å². The Morgan fingerprint density at radius 1 is 1.30 bits per heavy atom. The molecule has 7 heteroatoms. The Balaban J connectivity index is 1.50. The maximum absolute atomic E-state index is 12.6. The van der Waals surface area contributed by atoms with Crippen LogP contribution in [0.15, 0.2) is 28.8 Å². The monoisotopic (exact) mass is 315 g/mol. The lowest BCUT2D eigenvalue weighted by molar-refractivity contribution is 0.174. The summed E-state index contributed by atoms with van der Waals surface area (Å²) < 4.78 is 15.7. The fourth-order valence-corrected chi connectivity index (χ4v) is 3.03. The second-order valence-corrected chi connectivity index (χ2v) is 5.71. The van der Waals surface area contributed by atoms with Gasteiger partial charge in [-0.15, -0.1) is 0 Å². The van der Waals surface area contributed by atoms with Crippen molar-refractivity contribution < 1.29 is 18.8 Å². The highest BCUT2D eigenvalue weighted by Gasteiger charge is 2.32. The van der Waals surface area contributed by atoms with Gasteiger partial charge in [0.15, 0.2) is 11.5 Å². The molecule has 0 unspecified atom stereocenters. The van der Waals surface area contributed by atoms with Crippen LogP contribution in [0.5, 0.6) is 11.5 Å². The molecule has 1 aromatic carbocycles. The van der Waals surface area contributed by atoms with Crippen LogP contribution in [-0.4, -0.2) is 29.4 Å². The summed E-state index contributed by atoms with van der Waals surface area (Å²) in [6.07, 6.45) is 1.84. The summed E-state index contributed by atoms with van der Waals surface area (Å²) in [7, 11) is 0. The average Bonchev–Trinajstić information content (AvgIpc) is 3.26. The molecular weight excluding hydrogens is 298 g/mol. The number of ether oxygens (including phenoxy) is 2. The van der Waals surface area contributed by atoms with Gasteiger partial charge in [0, 0.05) is 24.4 Å². The number of anilines is 1. The maximum atomic E-state index is 12.6. The number of likely N-dealkylation sites (tertiary alicyclic amines) is 1. The first-order valence-corrected chi connectivity index (χ1v) is 7.61. The van der Waals surface area contributed by atoms with E-state index in [1.807, 2.05) is 13.0 Å². The Hall–Kier alpha value is -2.70. The standard InChI is InChI=1S/C16H17N3O4/c1-10-7-12(18-23-10)13-3-2-6-19(13)16(20)17-11-4-5-14-15(8-11)22-9-21-14/h4-5,7-8,13H,2-3,6,9H2,1H3,(H,17,20)/t13-/m0/s1. The van der Waals surface area contributed by atoms with Crippen molar-refractivity contribution in [3.8, 4) is 11.5 Å². The molecule has 120 valence electrons. The molecule has 3 heterocycles. The normalized spacial score (nSPS) is 19.2. The molecule has 0 bridgehead atoms. The van der Waals surface area contributed by atoms with Gasteiger partial charge in [-0.05, 0) is 31.9 Å². The Morgan fingerprint density at radius 3 is 3.00 bits per heavy atom. The third-order valence-corrected chi connectivity index (χ3v) is 4.13. The predicted molar refractivity (Wildman–Crippen MR) is 81.5 cm³/mol. The van der Waals surface area contributed by atoms with Crippen molar-refractivity contribution in [1.29, 1.82) is 0 Å². The van der Waals surface area contributed by atoms with Crippen LogP contribution in [0, 0.1) is 6.92 Å². The number of hydrogen-bond acceptors (Lipinski definition) is 5. The van der Waals surface area contributed by atoms with Crippen molar-refractivity contribution in [3.63, 3.8) is 0 Å². The van der Waals surface area contributed by atoms with Gasteiger partial charge in [0.25, 0.3) is 0 Å². The van der Waals surface area contributed by atoms with Gasteiger partial charge in [-0.3, -0.25) is 0 Å². The SMILES string of the molecule is Cc1cc([C@@H]2CCCN2C(=O)Nc2ccc3c(c2)OCO3)no1. The second-order valence-electron chi connectivity index (χ2n) is 5.71. The van der Waals surface area contributed by atoms with Crippen molar-refractivity contribution in [2.24, 2.45) is 0 Å². The van der Waals surface area contributed by atoms with Gasteiger partial charge < -0.3 is 24.2 Å². The highest BCUT2D eigenvalue weighted by molar-refractivity contribution is 5.90. The van der Waals surface area contributed by atoms with Gasteiger partial charge in [-0.2, -0.15) is 0 Å². The minimum atomic E-state index is -0.146. The Kier molecular flexibility index (Phi) is 3.33. The molecule has 1 atom stereocenters. The number of benzene rings is 1. The number of aromatic nitrogens is 1. The third-order valence-electron chi connectivity index (χ3n) is 4.13. The van der Waals surface area contributed by atoms with E-state index in [4.69, 9.17) is 14.0 Å². The lowest BCUT2D eigenvalue weighted by atomic mass is 10.1. The van der Waals surface area contributed by atoms with Crippen molar-refractivity contribution >= 4 is 11.7 Å². The molecule has 23 heavy (non-hydrogen) atoms. The molecule has 2 aromatic rings. The lowest BCUT2D eigenvalue weighted by Gasteiger charge is -2.23. The van der Waals surface area contributed by atoms with Crippen LogP contribution in [0.4, 0.5) is 10.5 Å². The topological polar surface area (TPSA) is 76.8 Å². The van der Waals surface area contributed by atoms with E-state index in [9.17, 15) is 4.79 Å². The molecule has 0 spiro atoms. The third kappa shape index (κ3) is 2.58. The quantitative estimate of drug-likeness (QED) is 0.921. The molecule has 1 fully saturated rings. The van der Waals surface area contributed by atoms with Crippen molar-refractivity contribution in [2.75, 3.05) is 18.7 Å². The molecule has 4 rings (SSSR count). The minimum absolute atomic E-state index is 0.0403. The van der Waals surface area contributed by atoms with Crippen LogP contribution in [0.1, 0.15) is 30.3 Å². The number of nitrogens with one attached hydrogen (secondary N) is 1. The van der Waals surface area contributed by atoms with E-state index in [1.165, 1.54) is 0 Å². The number of carbonyl (C=O) groups is 1. The Morgan fingerprint density at radius 2 is 2.17 bits per heavy atom. The smallest absolute Gasteiger partial charge is 0.322 e. The predicted octanol–water partition coefficient (Wildman–Crippen LogP) is 3.08. The number of amides is 2. The summed E-state index contributed by atoms with van der Waals surface area (Å²) in [5.74, 6) is 2.09. The Labute approximate surface area is 133 Å². The van der Waals surface area contributed by atoms with Crippen LogP contribution >= 0.6 is 0 Å². The van der Waals surface area contributed by atoms with Crippen molar-refractivity contribution in [1.82, 2.24) is 10.1 Å². The molecular formula is C16H17N3O4. The fraction of sp³-hybridized carbons (Fsp3) is 0.375. The van der Waals surface area contributed by atoms with Crippen LogP contribution in [0.3, 0.4) is 0 Å². The minimum Gasteiger partial charge on any atom is -0.454 e. The zero-order valence-corrected chi connectivity index (χ0v) is 12.7. The number of aryl methyl sites for hydroxylation is 1. The summed E-state index contributed by atoms with van der Waals surface area (Å²) in [6, 6.07) is 7.06. The van der Waals surface area contributed by atoms with Crippen LogP contribution in [0.2, 0.25) is 0 Å². The van der Waals surface area contributed by atoms with E-state index in [1.54, 1.807) is 23.1 Å². The van der Waals surface area contributed by atoms with Crippen molar-refractivity contribution in [3.05, 3.63) is 35.7 Å². The molecule has 0 saturated carbocycles. The summed E-state index contributed by atoms with van der Waals surface area (Å²) in [4.78, 5) is 14.4.